The minimum atomic E-state index is 0.0914. The number of hydrogen-bond acceptors (Lipinski definition) is 3. The number of rotatable bonds is 5. The minimum absolute atomic E-state index is 0.0914. The molecule has 3 aromatic carbocycles. The fourth-order valence-electron chi connectivity index (χ4n) is 4.49. The van der Waals surface area contributed by atoms with E-state index in [4.69, 9.17) is 0 Å². The van der Waals surface area contributed by atoms with Gasteiger partial charge in [0.2, 0.25) is 11.9 Å². The summed E-state index contributed by atoms with van der Waals surface area (Å²) in [4.78, 5) is 20.7. The number of para-hydroxylation sites is 2. The van der Waals surface area contributed by atoms with E-state index >= 15 is 0 Å². The second-order valence-electron chi connectivity index (χ2n) is 8.15. The standard InChI is InChI=1S/C25H26N4O/c30-24(26-16-19-8-5-7-17-6-1-2-9-21(17)19)18-12-14-20(15-13-18)27-25-28-22-10-3-4-11-23(22)29-25/h1-11,18,20H,12-16H2,(H,26,30)(H2,27,28,29)/t18-,20-. The lowest BCUT2D eigenvalue weighted by Gasteiger charge is -2.28. The van der Waals surface area contributed by atoms with Gasteiger partial charge in [0, 0.05) is 18.5 Å². The van der Waals surface area contributed by atoms with Gasteiger partial charge in [-0.05, 0) is 54.2 Å². The number of nitrogens with zero attached hydrogens (tertiary/aromatic N) is 1. The van der Waals surface area contributed by atoms with Crippen LogP contribution in [0.5, 0.6) is 0 Å². The maximum atomic E-state index is 12.7. The maximum Gasteiger partial charge on any atom is 0.223 e. The Balaban J connectivity index is 1.15. The minimum Gasteiger partial charge on any atom is -0.353 e. The van der Waals surface area contributed by atoms with Crippen molar-refractivity contribution in [2.75, 3.05) is 5.32 Å². The summed E-state index contributed by atoms with van der Waals surface area (Å²) in [7, 11) is 0. The third kappa shape index (κ3) is 3.88. The predicted molar refractivity (Wildman–Crippen MR) is 121 cm³/mol. The van der Waals surface area contributed by atoms with Gasteiger partial charge < -0.3 is 15.6 Å². The van der Waals surface area contributed by atoms with Crippen LogP contribution in [0.2, 0.25) is 0 Å². The van der Waals surface area contributed by atoms with Crippen molar-refractivity contribution in [3.8, 4) is 0 Å². The number of amides is 1. The van der Waals surface area contributed by atoms with Crippen LogP contribution >= 0.6 is 0 Å². The Morgan fingerprint density at radius 2 is 1.70 bits per heavy atom. The van der Waals surface area contributed by atoms with E-state index in [1.165, 1.54) is 16.3 Å². The molecule has 0 atom stereocenters. The second-order valence-corrected chi connectivity index (χ2v) is 8.15. The first kappa shape index (κ1) is 18.7. The lowest BCUT2D eigenvalue weighted by molar-refractivity contribution is -0.126. The molecule has 1 aliphatic carbocycles. The van der Waals surface area contributed by atoms with Crippen molar-refractivity contribution < 1.29 is 4.79 Å². The molecule has 1 fully saturated rings. The molecule has 1 heterocycles. The number of carbonyl (C=O) groups excluding carboxylic acids is 1. The van der Waals surface area contributed by atoms with Gasteiger partial charge in [-0.1, -0.05) is 54.6 Å². The third-order valence-electron chi connectivity index (χ3n) is 6.16. The summed E-state index contributed by atoms with van der Waals surface area (Å²) >= 11 is 0. The maximum absolute atomic E-state index is 12.7. The van der Waals surface area contributed by atoms with Gasteiger partial charge in [-0.2, -0.15) is 0 Å². The van der Waals surface area contributed by atoms with E-state index in [9.17, 15) is 4.79 Å². The summed E-state index contributed by atoms with van der Waals surface area (Å²) in [6.45, 7) is 0.581. The first-order valence-corrected chi connectivity index (χ1v) is 10.7. The van der Waals surface area contributed by atoms with E-state index < -0.39 is 0 Å². The van der Waals surface area contributed by atoms with Crippen molar-refractivity contribution >= 4 is 33.7 Å². The highest BCUT2D eigenvalue weighted by Crippen LogP contribution is 2.27. The Morgan fingerprint density at radius 3 is 2.57 bits per heavy atom. The first-order valence-electron chi connectivity index (χ1n) is 10.7. The van der Waals surface area contributed by atoms with E-state index in [-0.39, 0.29) is 11.8 Å². The summed E-state index contributed by atoms with van der Waals surface area (Å²) in [5.41, 5.74) is 3.18. The molecule has 0 spiro atoms. The molecule has 1 amide bonds. The first-order chi connectivity index (χ1) is 14.8. The molecule has 0 saturated heterocycles. The van der Waals surface area contributed by atoms with Crippen molar-refractivity contribution in [3.05, 3.63) is 72.3 Å². The lowest BCUT2D eigenvalue weighted by Crippen LogP contribution is -2.35. The van der Waals surface area contributed by atoms with Crippen molar-refractivity contribution in [2.45, 2.75) is 38.3 Å². The molecule has 0 aliphatic heterocycles. The third-order valence-corrected chi connectivity index (χ3v) is 6.16. The number of nitrogens with one attached hydrogen (secondary N) is 3. The van der Waals surface area contributed by atoms with Crippen molar-refractivity contribution in [1.29, 1.82) is 0 Å². The van der Waals surface area contributed by atoms with Gasteiger partial charge in [-0.3, -0.25) is 4.79 Å². The molecule has 5 rings (SSSR count). The molecule has 0 bridgehead atoms. The van der Waals surface area contributed by atoms with Crippen molar-refractivity contribution in [3.63, 3.8) is 0 Å². The predicted octanol–water partition coefficient (Wildman–Crippen LogP) is 5.00. The van der Waals surface area contributed by atoms with Crippen LogP contribution in [0.1, 0.15) is 31.2 Å². The highest BCUT2D eigenvalue weighted by Gasteiger charge is 2.26. The number of anilines is 1. The SMILES string of the molecule is O=C(NCc1cccc2ccccc12)[C@H]1CC[C@H](Nc2nc3ccccc3[nH]2)CC1. The van der Waals surface area contributed by atoms with Crippen LogP contribution in [0.3, 0.4) is 0 Å². The molecule has 1 aromatic heterocycles. The number of imidazole rings is 1. The molecule has 152 valence electrons. The zero-order valence-electron chi connectivity index (χ0n) is 16.9. The molecular weight excluding hydrogens is 372 g/mol. The van der Waals surface area contributed by atoms with Gasteiger partial charge >= 0.3 is 0 Å². The smallest absolute Gasteiger partial charge is 0.223 e. The fraction of sp³-hybridized carbons (Fsp3) is 0.280. The van der Waals surface area contributed by atoms with E-state index in [0.717, 1.165) is 42.7 Å². The van der Waals surface area contributed by atoms with Gasteiger partial charge in [0.05, 0.1) is 11.0 Å². The van der Waals surface area contributed by atoms with E-state index in [1.54, 1.807) is 0 Å². The number of hydrogen-bond donors (Lipinski definition) is 3. The molecule has 1 aliphatic rings. The molecular formula is C25H26N4O. The highest BCUT2D eigenvalue weighted by molar-refractivity contribution is 5.86. The molecule has 0 unspecified atom stereocenters. The second kappa shape index (κ2) is 8.19. The van der Waals surface area contributed by atoms with Crippen LogP contribution in [0.25, 0.3) is 21.8 Å². The molecule has 30 heavy (non-hydrogen) atoms. The van der Waals surface area contributed by atoms with Crippen LogP contribution in [0, 0.1) is 5.92 Å². The number of carbonyl (C=O) groups is 1. The van der Waals surface area contributed by atoms with Crippen LogP contribution in [-0.4, -0.2) is 21.9 Å². The average Bonchev–Trinajstić information content (AvgIpc) is 3.20. The largest absolute Gasteiger partial charge is 0.353 e. The molecule has 1 saturated carbocycles. The van der Waals surface area contributed by atoms with Gasteiger partial charge in [0.25, 0.3) is 0 Å². The molecule has 3 N–H and O–H groups in total. The van der Waals surface area contributed by atoms with Crippen LogP contribution < -0.4 is 10.6 Å². The Labute approximate surface area is 175 Å². The quantitative estimate of drug-likeness (QED) is 0.443. The van der Waals surface area contributed by atoms with E-state index in [0.29, 0.717) is 12.6 Å². The van der Waals surface area contributed by atoms with Crippen LogP contribution in [-0.2, 0) is 11.3 Å². The van der Waals surface area contributed by atoms with Gasteiger partial charge in [-0.15, -0.1) is 0 Å². The Hall–Kier alpha value is -3.34. The Morgan fingerprint density at radius 1 is 0.933 bits per heavy atom. The van der Waals surface area contributed by atoms with Crippen LogP contribution in [0.4, 0.5) is 5.95 Å². The molecule has 0 radical (unpaired) electrons. The topological polar surface area (TPSA) is 69.8 Å². The van der Waals surface area contributed by atoms with Crippen molar-refractivity contribution in [1.82, 2.24) is 15.3 Å². The van der Waals surface area contributed by atoms with Gasteiger partial charge in [0.15, 0.2) is 0 Å². The lowest BCUT2D eigenvalue weighted by atomic mass is 9.85. The monoisotopic (exact) mass is 398 g/mol. The molecule has 5 heteroatoms. The number of benzene rings is 3. The van der Waals surface area contributed by atoms with Crippen molar-refractivity contribution in [2.24, 2.45) is 5.92 Å². The summed E-state index contributed by atoms with van der Waals surface area (Å²) in [5.74, 6) is 1.08. The molecule has 4 aromatic rings. The Kier molecular flexibility index (Phi) is 5.10. The number of aromatic nitrogens is 2. The summed E-state index contributed by atoms with van der Waals surface area (Å²) < 4.78 is 0. The fourth-order valence-corrected chi connectivity index (χ4v) is 4.49. The number of H-pyrrole nitrogens is 1. The zero-order valence-corrected chi connectivity index (χ0v) is 16.9. The summed E-state index contributed by atoms with van der Waals surface area (Å²) in [5, 5.41) is 9.09. The zero-order chi connectivity index (χ0) is 20.3. The van der Waals surface area contributed by atoms with Gasteiger partial charge in [0.1, 0.15) is 0 Å². The van der Waals surface area contributed by atoms with E-state index in [1.807, 2.05) is 36.4 Å². The number of fused-ring (bicyclic) bond motifs is 2. The average molecular weight is 399 g/mol. The number of aromatic amines is 1. The highest BCUT2D eigenvalue weighted by atomic mass is 16.1. The summed E-state index contributed by atoms with van der Waals surface area (Å²) in [6, 6.07) is 23.0. The normalized spacial score (nSPS) is 19.1. The van der Waals surface area contributed by atoms with E-state index in [2.05, 4.69) is 50.9 Å². The Bertz CT molecular complexity index is 1140. The van der Waals surface area contributed by atoms with Gasteiger partial charge in [-0.25, -0.2) is 4.98 Å². The van der Waals surface area contributed by atoms with Crippen LogP contribution in [0.15, 0.2) is 66.7 Å². The molecule has 5 nitrogen and oxygen atoms in total. The summed E-state index contributed by atoms with van der Waals surface area (Å²) in [6.07, 6.45) is 3.76.